The van der Waals surface area contributed by atoms with Gasteiger partial charge in [0.1, 0.15) is 16.3 Å². The van der Waals surface area contributed by atoms with Crippen LogP contribution in [0.3, 0.4) is 0 Å². The molecule has 0 saturated heterocycles. The number of hydrogen-bond donors (Lipinski definition) is 2. The number of nitrogens with zero attached hydrogens (tertiary/aromatic N) is 2. The van der Waals surface area contributed by atoms with Crippen molar-refractivity contribution in [2.24, 2.45) is 10.2 Å². The number of anilines is 1. The molecule has 0 unspecified atom stereocenters. The largest absolute Gasteiger partial charge is 1.00 e. The van der Waals surface area contributed by atoms with Crippen LogP contribution >= 0.6 is 23.2 Å². The fourth-order valence-electron chi connectivity index (χ4n) is 3.69. The van der Waals surface area contributed by atoms with Crippen molar-refractivity contribution in [3.8, 4) is 11.5 Å². The van der Waals surface area contributed by atoms with Crippen molar-refractivity contribution in [1.82, 2.24) is 0 Å². The molecule has 38 heavy (non-hydrogen) atoms. The molecular formula is C25H18Cl2N3NaO6S. The van der Waals surface area contributed by atoms with Crippen molar-refractivity contribution < 1.29 is 57.2 Å². The normalized spacial score (nSPS) is 11.4. The van der Waals surface area contributed by atoms with E-state index in [4.69, 9.17) is 27.9 Å². The Bertz CT molecular complexity index is 1700. The number of azo groups is 1. The maximum absolute atomic E-state index is 13.4. The van der Waals surface area contributed by atoms with E-state index in [1.807, 2.05) is 0 Å². The second-order valence-electron chi connectivity index (χ2n) is 7.89. The van der Waals surface area contributed by atoms with Gasteiger partial charge in [-0.15, -0.1) is 5.11 Å². The van der Waals surface area contributed by atoms with Crippen molar-refractivity contribution in [1.29, 1.82) is 0 Å². The third-order valence-electron chi connectivity index (χ3n) is 5.31. The van der Waals surface area contributed by atoms with Crippen molar-refractivity contribution in [2.75, 3.05) is 12.4 Å². The maximum Gasteiger partial charge on any atom is 1.00 e. The van der Waals surface area contributed by atoms with Gasteiger partial charge >= 0.3 is 29.6 Å². The van der Waals surface area contributed by atoms with Gasteiger partial charge in [-0.25, -0.2) is 0 Å². The zero-order chi connectivity index (χ0) is 26.9. The van der Waals surface area contributed by atoms with Gasteiger partial charge in [0.05, 0.1) is 23.5 Å². The number of fused-ring (bicyclic) bond motifs is 1. The Balaban J connectivity index is 0.00000400. The molecule has 2 N–H and O–H groups in total. The van der Waals surface area contributed by atoms with Crippen LogP contribution in [0.25, 0.3) is 10.8 Å². The average Bonchev–Trinajstić information content (AvgIpc) is 2.82. The number of rotatable bonds is 6. The van der Waals surface area contributed by atoms with Gasteiger partial charge in [0.25, 0.3) is 16.0 Å². The summed E-state index contributed by atoms with van der Waals surface area (Å²) < 4.78 is 38.7. The van der Waals surface area contributed by atoms with Crippen molar-refractivity contribution in [3.05, 3.63) is 81.8 Å². The second kappa shape index (κ2) is 12.0. The van der Waals surface area contributed by atoms with E-state index in [2.05, 4.69) is 15.5 Å². The van der Waals surface area contributed by atoms with Gasteiger partial charge in [-0.3, -0.25) is 9.35 Å². The molecule has 0 saturated carbocycles. The van der Waals surface area contributed by atoms with E-state index in [0.717, 1.165) is 0 Å². The van der Waals surface area contributed by atoms with Gasteiger partial charge in [0, 0.05) is 16.0 Å². The fraction of sp³-hybridized carbons (Fsp3) is 0.0800. The summed E-state index contributed by atoms with van der Waals surface area (Å²) in [6.45, 7) is 1.64. The molecule has 0 aliphatic rings. The third-order valence-corrected chi connectivity index (χ3v) is 6.90. The minimum absolute atomic E-state index is 0. The monoisotopic (exact) mass is 581 g/mol. The number of methoxy groups -OCH3 is 1. The number of amides is 1. The van der Waals surface area contributed by atoms with Crippen LogP contribution in [0.2, 0.25) is 10.0 Å². The van der Waals surface area contributed by atoms with E-state index in [1.54, 1.807) is 43.3 Å². The molecule has 190 valence electrons. The molecular weight excluding hydrogens is 564 g/mol. The summed E-state index contributed by atoms with van der Waals surface area (Å²) in [5, 5.41) is 24.9. The maximum atomic E-state index is 13.4. The van der Waals surface area contributed by atoms with Crippen LogP contribution in [0.15, 0.2) is 75.8 Å². The van der Waals surface area contributed by atoms with E-state index < -0.39 is 26.7 Å². The molecule has 0 aromatic heterocycles. The zero-order valence-electron chi connectivity index (χ0n) is 20.3. The number of halogens is 2. The van der Waals surface area contributed by atoms with E-state index in [1.165, 1.54) is 31.4 Å². The molecule has 4 aromatic carbocycles. The van der Waals surface area contributed by atoms with Crippen LogP contribution in [0.4, 0.5) is 17.1 Å². The fourth-order valence-corrected chi connectivity index (χ4v) is 5.09. The Kier molecular flexibility index (Phi) is 9.43. The average molecular weight is 582 g/mol. The van der Waals surface area contributed by atoms with Gasteiger partial charge in [-0.05, 0) is 54.3 Å². The Morgan fingerprint density at radius 1 is 1.05 bits per heavy atom. The minimum Gasteiger partial charge on any atom is -0.870 e. The SMILES string of the molecule is COc1ccc(Cl)cc1NC(=O)c1cc2ccccc2c(N=Nc2cc(C)cc(Cl)c2S(=O)(=O)O)c1[O-].[Na+]. The first-order chi connectivity index (χ1) is 17.5. The zero-order valence-corrected chi connectivity index (χ0v) is 24.6. The molecule has 0 atom stereocenters. The third kappa shape index (κ3) is 6.29. The van der Waals surface area contributed by atoms with Gasteiger partial charge < -0.3 is 15.2 Å². The van der Waals surface area contributed by atoms with Crippen LogP contribution in [0, 0.1) is 6.92 Å². The Morgan fingerprint density at radius 2 is 1.76 bits per heavy atom. The Hall–Kier alpha value is -2.70. The molecule has 0 fully saturated rings. The summed E-state index contributed by atoms with van der Waals surface area (Å²) in [5.74, 6) is -1.17. The quantitative estimate of drug-likeness (QED) is 0.203. The number of benzene rings is 4. The number of ether oxygens (including phenoxy) is 1. The topological polar surface area (TPSA) is 140 Å². The number of carbonyl (C=O) groups excluding carboxylic acids is 1. The van der Waals surface area contributed by atoms with Crippen molar-refractivity contribution in [3.63, 3.8) is 0 Å². The van der Waals surface area contributed by atoms with Crippen LogP contribution in [0.1, 0.15) is 15.9 Å². The molecule has 0 bridgehead atoms. The first-order valence-electron chi connectivity index (χ1n) is 10.6. The number of carbonyl (C=O) groups is 1. The van der Waals surface area contributed by atoms with Crippen LogP contribution in [-0.2, 0) is 10.1 Å². The summed E-state index contributed by atoms with van der Waals surface area (Å²) in [5.41, 5.74) is 0.0757. The predicted molar refractivity (Wildman–Crippen MR) is 140 cm³/mol. The van der Waals surface area contributed by atoms with Crippen LogP contribution in [0.5, 0.6) is 11.5 Å². The minimum atomic E-state index is -4.75. The standard InChI is InChI=1S/C25H19Cl2N3O6S.Na/c1-13-9-18(27)24(37(33,34)35)20(10-13)29-30-22-16-6-4-3-5-14(16)11-17(23(22)31)25(32)28-19-12-15(26)7-8-21(19)36-2;/h3-12,31H,1-2H3,(H,28,32)(H,33,34,35);/q;+1/p-1. The van der Waals surface area contributed by atoms with Crippen LogP contribution in [-0.4, -0.2) is 26.0 Å². The Morgan fingerprint density at radius 3 is 2.45 bits per heavy atom. The van der Waals surface area contributed by atoms with Crippen molar-refractivity contribution in [2.45, 2.75) is 11.8 Å². The second-order valence-corrected chi connectivity index (χ2v) is 10.1. The van der Waals surface area contributed by atoms with E-state index >= 15 is 0 Å². The predicted octanol–water partition coefficient (Wildman–Crippen LogP) is 3.46. The van der Waals surface area contributed by atoms with Gasteiger partial charge in [0.15, 0.2) is 0 Å². The van der Waals surface area contributed by atoms with E-state index in [-0.39, 0.29) is 57.2 Å². The van der Waals surface area contributed by atoms with Gasteiger partial charge in [-0.2, -0.15) is 13.5 Å². The van der Waals surface area contributed by atoms with E-state index in [9.17, 15) is 22.9 Å². The summed E-state index contributed by atoms with van der Waals surface area (Å²) >= 11 is 12.1. The smallest absolute Gasteiger partial charge is 0.870 e. The number of hydrogen-bond acceptors (Lipinski definition) is 7. The molecule has 0 aliphatic carbocycles. The van der Waals surface area contributed by atoms with E-state index in [0.29, 0.717) is 27.1 Å². The van der Waals surface area contributed by atoms with Gasteiger partial charge in [0.2, 0.25) is 0 Å². The summed E-state index contributed by atoms with van der Waals surface area (Å²) in [7, 11) is -3.33. The number of nitrogens with one attached hydrogen (secondary N) is 1. The van der Waals surface area contributed by atoms with Crippen molar-refractivity contribution >= 4 is 67.1 Å². The molecule has 0 spiro atoms. The molecule has 4 aromatic rings. The number of aryl methyl sites for hydroxylation is 1. The first kappa shape index (κ1) is 29.9. The molecule has 1 amide bonds. The summed E-state index contributed by atoms with van der Waals surface area (Å²) in [4.78, 5) is 12.5. The molecule has 0 aliphatic heterocycles. The summed E-state index contributed by atoms with van der Waals surface area (Å²) in [6, 6.07) is 15.4. The molecule has 9 nitrogen and oxygen atoms in total. The molecule has 13 heteroatoms. The molecule has 0 radical (unpaired) electrons. The van der Waals surface area contributed by atoms with Gasteiger partial charge in [-0.1, -0.05) is 53.2 Å². The molecule has 4 rings (SSSR count). The van der Waals surface area contributed by atoms with Crippen LogP contribution < -0.4 is 44.7 Å². The summed E-state index contributed by atoms with van der Waals surface area (Å²) in [6.07, 6.45) is 0. The Labute approximate surface area is 250 Å². The first-order valence-corrected chi connectivity index (χ1v) is 12.8. The molecule has 0 heterocycles.